The molecule has 3 N–H and O–H groups in total. The molecule has 0 heterocycles. The van der Waals surface area contributed by atoms with Gasteiger partial charge in [-0.2, -0.15) is 0 Å². The van der Waals surface area contributed by atoms with E-state index in [2.05, 4.69) is 5.32 Å². The normalized spacial score (nSPS) is 15.9. The first-order valence-electron chi connectivity index (χ1n) is 5.93. The Morgan fingerprint density at radius 3 is 2.44 bits per heavy atom. The van der Waals surface area contributed by atoms with Crippen molar-refractivity contribution in [2.75, 3.05) is 11.9 Å². The van der Waals surface area contributed by atoms with Crippen molar-refractivity contribution in [2.45, 2.75) is 25.3 Å². The van der Waals surface area contributed by atoms with E-state index >= 15 is 0 Å². The van der Waals surface area contributed by atoms with Crippen molar-refractivity contribution >= 4 is 17.6 Å². The molecule has 2 rings (SSSR count). The zero-order valence-electron chi connectivity index (χ0n) is 10.2. The molecule has 1 aromatic carbocycles. The topological polar surface area (TPSA) is 81.4 Å². The van der Waals surface area contributed by atoms with Crippen molar-refractivity contribution in [2.24, 2.45) is 5.73 Å². The van der Waals surface area contributed by atoms with Gasteiger partial charge in [0.25, 0.3) is 0 Å². The molecule has 0 bridgehead atoms. The summed E-state index contributed by atoms with van der Waals surface area (Å²) in [5.41, 5.74) is 6.17. The van der Waals surface area contributed by atoms with Crippen molar-refractivity contribution in [1.82, 2.24) is 0 Å². The molecular weight excluding hydrogens is 232 g/mol. The smallest absolute Gasteiger partial charge is 0.338 e. The van der Waals surface area contributed by atoms with E-state index in [9.17, 15) is 9.59 Å². The highest BCUT2D eigenvalue weighted by atomic mass is 16.5. The van der Waals surface area contributed by atoms with Crippen molar-refractivity contribution in [3.8, 4) is 0 Å². The summed E-state index contributed by atoms with van der Waals surface area (Å²) < 4.78 is 4.87. The Bertz CT molecular complexity index is 464. The lowest BCUT2D eigenvalue weighted by atomic mass is 10.2. The van der Waals surface area contributed by atoms with Gasteiger partial charge >= 0.3 is 5.97 Å². The monoisotopic (exact) mass is 248 g/mol. The minimum absolute atomic E-state index is 0.175. The minimum atomic E-state index is -0.695. The molecule has 1 aromatic rings. The van der Waals surface area contributed by atoms with Crippen molar-refractivity contribution in [3.05, 3.63) is 29.8 Å². The lowest BCUT2D eigenvalue weighted by molar-refractivity contribution is -0.118. The molecule has 5 heteroatoms. The van der Waals surface area contributed by atoms with Gasteiger partial charge in [-0.25, -0.2) is 4.79 Å². The Morgan fingerprint density at radius 2 is 1.94 bits per heavy atom. The second-order valence-corrected chi connectivity index (χ2v) is 4.41. The SMILES string of the molecule is CCOC(=O)c1ccc(NC(=O)C2(N)CC2)cc1. The highest BCUT2D eigenvalue weighted by Crippen LogP contribution is 2.33. The molecule has 0 radical (unpaired) electrons. The van der Waals surface area contributed by atoms with E-state index in [1.165, 1.54) is 0 Å². The summed E-state index contributed by atoms with van der Waals surface area (Å²) in [6, 6.07) is 6.55. The van der Waals surface area contributed by atoms with Crippen LogP contribution in [0.15, 0.2) is 24.3 Å². The first-order chi connectivity index (χ1) is 8.55. The number of carbonyl (C=O) groups excluding carboxylic acids is 2. The molecule has 0 saturated heterocycles. The Kier molecular flexibility index (Phi) is 3.34. The lowest BCUT2D eigenvalue weighted by Crippen LogP contribution is -2.37. The van der Waals surface area contributed by atoms with Gasteiger partial charge in [-0.15, -0.1) is 0 Å². The van der Waals surface area contributed by atoms with E-state index in [-0.39, 0.29) is 11.9 Å². The molecule has 0 aliphatic heterocycles. The van der Waals surface area contributed by atoms with Gasteiger partial charge in [0.2, 0.25) is 5.91 Å². The highest BCUT2D eigenvalue weighted by molar-refractivity contribution is 6.00. The van der Waals surface area contributed by atoms with E-state index in [1.54, 1.807) is 31.2 Å². The van der Waals surface area contributed by atoms with Crippen LogP contribution in [0, 0.1) is 0 Å². The number of hydrogen-bond acceptors (Lipinski definition) is 4. The molecule has 1 aliphatic rings. The van der Waals surface area contributed by atoms with Gasteiger partial charge in [0.15, 0.2) is 0 Å². The molecular formula is C13H16N2O3. The van der Waals surface area contributed by atoms with Crippen LogP contribution in [-0.4, -0.2) is 24.0 Å². The number of esters is 1. The molecule has 0 aromatic heterocycles. The number of benzene rings is 1. The predicted molar refractivity (Wildman–Crippen MR) is 67.2 cm³/mol. The number of carbonyl (C=O) groups is 2. The van der Waals surface area contributed by atoms with Gasteiger partial charge in [0.05, 0.1) is 17.7 Å². The van der Waals surface area contributed by atoms with Gasteiger partial charge in [0.1, 0.15) is 0 Å². The number of nitrogens with one attached hydrogen (secondary N) is 1. The highest BCUT2D eigenvalue weighted by Gasteiger charge is 2.45. The fraction of sp³-hybridized carbons (Fsp3) is 0.385. The number of nitrogens with two attached hydrogens (primary N) is 1. The van der Waals surface area contributed by atoms with E-state index in [1.807, 2.05) is 0 Å². The van der Waals surface area contributed by atoms with Crippen LogP contribution >= 0.6 is 0 Å². The maximum absolute atomic E-state index is 11.7. The standard InChI is InChI=1S/C13H16N2O3/c1-2-18-11(16)9-3-5-10(6-4-9)15-12(17)13(14)7-8-13/h3-6H,2,7-8,14H2,1H3,(H,15,17). The Morgan fingerprint density at radius 1 is 1.33 bits per heavy atom. The van der Waals surface area contributed by atoms with Gasteiger partial charge in [-0.3, -0.25) is 4.79 Å². The van der Waals surface area contributed by atoms with Crippen LogP contribution < -0.4 is 11.1 Å². The average molecular weight is 248 g/mol. The van der Waals surface area contributed by atoms with E-state index in [4.69, 9.17) is 10.5 Å². The van der Waals surface area contributed by atoms with E-state index in [0.29, 0.717) is 17.9 Å². The second-order valence-electron chi connectivity index (χ2n) is 4.41. The van der Waals surface area contributed by atoms with Crippen LogP contribution in [0.3, 0.4) is 0 Å². The van der Waals surface area contributed by atoms with Gasteiger partial charge in [-0.1, -0.05) is 0 Å². The fourth-order valence-corrected chi connectivity index (χ4v) is 1.52. The van der Waals surface area contributed by atoms with Gasteiger partial charge in [-0.05, 0) is 44.0 Å². The molecule has 5 nitrogen and oxygen atoms in total. The first-order valence-corrected chi connectivity index (χ1v) is 5.93. The quantitative estimate of drug-likeness (QED) is 0.787. The van der Waals surface area contributed by atoms with Crippen LogP contribution in [0.1, 0.15) is 30.1 Å². The average Bonchev–Trinajstić information content (AvgIpc) is 3.10. The molecule has 18 heavy (non-hydrogen) atoms. The van der Waals surface area contributed by atoms with Crippen LogP contribution in [0.25, 0.3) is 0 Å². The van der Waals surface area contributed by atoms with Crippen molar-refractivity contribution in [1.29, 1.82) is 0 Å². The summed E-state index contributed by atoms with van der Waals surface area (Å²) in [6.07, 6.45) is 1.44. The first kappa shape index (κ1) is 12.6. The Labute approximate surface area is 105 Å². The maximum Gasteiger partial charge on any atom is 0.338 e. The number of rotatable bonds is 4. The lowest BCUT2D eigenvalue weighted by Gasteiger charge is -2.10. The minimum Gasteiger partial charge on any atom is -0.462 e. The molecule has 1 saturated carbocycles. The number of hydrogen-bond donors (Lipinski definition) is 2. The molecule has 1 fully saturated rings. The van der Waals surface area contributed by atoms with Crippen molar-refractivity contribution in [3.63, 3.8) is 0 Å². The summed E-state index contributed by atoms with van der Waals surface area (Å²) in [6.45, 7) is 2.09. The third kappa shape index (κ3) is 2.68. The Balaban J connectivity index is 1.99. The van der Waals surface area contributed by atoms with Crippen LogP contribution in [0.4, 0.5) is 5.69 Å². The molecule has 0 atom stereocenters. The second kappa shape index (κ2) is 4.78. The molecule has 96 valence electrons. The number of ether oxygens (including phenoxy) is 1. The molecule has 1 amide bonds. The number of anilines is 1. The summed E-state index contributed by atoms with van der Waals surface area (Å²) >= 11 is 0. The van der Waals surface area contributed by atoms with Gasteiger partial charge < -0.3 is 15.8 Å². The summed E-state index contributed by atoms with van der Waals surface area (Å²) in [4.78, 5) is 23.1. The zero-order chi connectivity index (χ0) is 13.2. The third-order valence-electron chi connectivity index (χ3n) is 2.89. The summed E-state index contributed by atoms with van der Waals surface area (Å²) in [5, 5.41) is 2.73. The summed E-state index contributed by atoms with van der Waals surface area (Å²) in [7, 11) is 0. The molecule has 1 aliphatic carbocycles. The molecule has 0 unspecified atom stereocenters. The largest absolute Gasteiger partial charge is 0.462 e. The zero-order valence-corrected chi connectivity index (χ0v) is 10.2. The predicted octanol–water partition coefficient (Wildman–Crippen LogP) is 1.29. The van der Waals surface area contributed by atoms with E-state index < -0.39 is 5.54 Å². The van der Waals surface area contributed by atoms with Crippen molar-refractivity contribution < 1.29 is 14.3 Å². The van der Waals surface area contributed by atoms with Gasteiger partial charge in [0, 0.05) is 5.69 Å². The van der Waals surface area contributed by atoms with Crippen LogP contribution in [0.5, 0.6) is 0 Å². The third-order valence-corrected chi connectivity index (χ3v) is 2.89. The summed E-state index contributed by atoms with van der Waals surface area (Å²) in [5.74, 6) is -0.542. The fourth-order valence-electron chi connectivity index (χ4n) is 1.52. The van der Waals surface area contributed by atoms with E-state index in [0.717, 1.165) is 12.8 Å². The van der Waals surface area contributed by atoms with Crippen LogP contribution in [0.2, 0.25) is 0 Å². The Hall–Kier alpha value is -1.88. The maximum atomic E-state index is 11.7. The van der Waals surface area contributed by atoms with Crippen LogP contribution in [-0.2, 0) is 9.53 Å². The number of amides is 1. The molecule has 0 spiro atoms.